The first kappa shape index (κ1) is 14.7. The van der Waals surface area contributed by atoms with E-state index in [2.05, 4.69) is 5.32 Å². The molecule has 0 fully saturated rings. The van der Waals surface area contributed by atoms with Crippen molar-refractivity contribution in [3.8, 4) is 11.5 Å². The molecule has 21 heavy (non-hydrogen) atoms. The average molecular weight is 287 g/mol. The molecule has 110 valence electrons. The molecule has 0 spiro atoms. The van der Waals surface area contributed by atoms with Crippen LogP contribution < -0.4 is 14.8 Å². The zero-order chi connectivity index (χ0) is 15.2. The van der Waals surface area contributed by atoms with Crippen LogP contribution in [0.5, 0.6) is 11.5 Å². The second-order valence-electron chi connectivity index (χ2n) is 4.23. The third kappa shape index (κ3) is 3.25. The van der Waals surface area contributed by atoms with Gasteiger partial charge < -0.3 is 19.5 Å². The van der Waals surface area contributed by atoms with Crippen LogP contribution in [0.25, 0.3) is 0 Å². The minimum absolute atomic E-state index is 0.403. The Balaban J connectivity index is 2.40. The van der Waals surface area contributed by atoms with Crippen LogP contribution in [0, 0.1) is 0 Å². The van der Waals surface area contributed by atoms with E-state index in [0.717, 1.165) is 0 Å². The first-order valence-corrected chi connectivity index (χ1v) is 6.36. The fraction of sp³-hybridized carbons (Fsp3) is 0.188. The van der Waals surface area contributed by atoms with Crippen molar-refractivity contribution in [1.82, 2.24) is 0 Å². The largest absolute Gasteiger partial charge is 0.497 e. The summed E-state index contributed by atoms with van der Waals surface area (Å²) < 4.78 is 15.3. The van der Waals surface area contributed by atoms with Crippen LogP contribution in [0.3, 0.4) is 0 Å². The molecular formula is C16H17NO4. The van der Waals surface area contributed by atoms with Gasteiger partial charge in [0.1, 0.15) is 11.5 Å². The number of benzene rings is 2. The van der Waals surface area contributed by atoms with Crippen LogP contribution in [0.2, 0.25) is 0 Å². The smallest absolute Gasteiger partial charge is 0.339 e. The lowest BCUT2D eigenvalue weighted by molar-refractivity contribution is 0.0602. The highest BCUT2D eigenvalue weighted by Crippen LogP contribution is 2.32. The summed E-state index contributed by atoms with van der Waals surface area (Å²) in [5.41, 5.74) is 1.79. The van der Waals surface area contributed by atoms with Crippen molar-refractivity contribution in [2.75, 3.05) is 26.6 Å². The number of carbonyl (C=O) groups is 1. The Kier molecular flexibility index (Phi) is 4.66. The number of ether oxygens (including phenoxy) is 3. The molecule has 1 N–H and O–H groups in total. The standard InChI is InChI=1S/C16H17NO4/c1-19-11-8-9-15(20-2)14(10-11)17-13-7-5-4-6-12(13)16(18)21-3/h4-10,17H,1-3H3. The van der Waals surface area contributed by atoms with Crippen molar-refractivity contribution in [2.45, 2.75) is 0 Å². The van der Waals surface area contributed by atoms with E-state index >= 15 is 0 Å². The van der Waals surface area contributed by atoms with Gasteiger partial charge in [-0.15, -0.1) is 0 Å². The van der Waals surface area contributed by atoms with Crippen molar-refractivity contribution in [2.24, 2.45) is 0 Å². The summed E-state index contributed by atoms with van der Waals surface area (Å²) in [5, 5.41) is 3.18. The summed E-state index contributed by atoms with van der Waals surface area (Å²) >= 11 is 0. The summed E-state index contributed by atoms with van der Waals surface area (Å²) in [6.45, 7) is 0. The quantitative estimate of drug-likeness (QED) is 0.856. The number of esters is 1. The zero-order valence-electron chi connectivity index (χ0n) is 12.2. The second-order valence-corrected chi connectivity index (χ2v) is 4.23. The van der Waals surface area contributed by atoms with Gasteiger partial charge in [-0.3, -0.25) is 0 Å². The van der Waals surface area contributed by atoms with Gasteiger partial charge in [0.05, 0.1) is 38.3 Å². The first-order chi connectivity index (χ1) is 10.2. The normalized spacial score (nSPS) is 9.86. The van der Waals surface area contributed by atoms with Gasteiger partial charge in [-0.05, 0) is 24.3 Å². The van der Waals surface area contributed by atoms with Crippen LogP contribution >= 0.6 is 0 Å². The third-order valence-corrected chi connectivity index (χ3v) is 3.01. The number of rotatable bonds is 5. The molecule has 5 heteroatoms. The van der Waals surface area contributed by atoms with E-state index in [-0.39, 0.29) is 0 Å². The van der Waals surface area contributed by atoms with Gasteiger partial charge in [0.15, 0.2) is 0 Å². The van der Waals surface area contributed by atoms with E-state index in [1.165, 1.54) is 7.11 Å². The molecule has 2 rings (SSSR count). The Morgan fingerprint density at radius 1 is 0.952 bits per heavy atom. The number of methoxy groups -OCH3 is 3. The Labute approximate surface area is 123 Å². The van der Waals surface area contributed by atoms with Crippen molar-refractivity contribution < 1.29 is 19.0 Å². The minimum atomic E-state index is -0.403. The highest BCUT2D eigenvalue weighted by Gasteiger charge is 2.13. The van der Waals surface area contributed by atoms with Gasteiger partial charge in [0.25, 0.3) is 0 Å². The number of carbonyl (C=O) groups excluding carboxylic acids is 1. The summed E-state index contributed by atoms with van der Waals surface area (Å²) in [5.74, 6) is 0.935. The summed E-state index contributed by atoms with van der Waals surface area (Å²) in [7, 11) is 4.53. The summed E-state index contributed by atoms with van der Waals surface area (Å²) in [6, 6.07) is 12.5. The van der Waals surface area contributed by atoms with Gasteiger partial charge >= 0.3 is 5.97 Å². The predicted octanol–water partition coefficient (Wildman–Crippen LogP) is 3.23. The molecule has 0 radical (unpaired) electrons. The molecule has 0 amide bonds. The Hall–Kier alpha value is -2.69. The van der Waals surface area contributed by atoms with Crippen LogP contribution in [0.1, 0.15) is 10.4 Å². The molecule has 0 atom stereocenters. The lowest BCUT2D eigenvalue weighted by Crippen LogP contribution is -2.06. The number of hydrogen-bond acceptors (Lipinski definition) is 5. The van der Waals surface area contributed by atoms with E-state index in [9.17, 15) is 4.79 Å². The second kappa shape index (κ2) is 6.65. The molecule has 0 heterocycles. The van der Waals surface area contributed by atoms with E-state index in [1.807, 2.05) is 6.07 Å². The van der Waals surface area contributed by atoms with Crippen LogP contribution in [0.15, 0.2) is 42.5 Å². The minimum Gasteiger partial charge on any atom is -0.497 e. The predicted molar refractivity (Wildman–Crippen MR) is 80.6 cm³/mol. The molecule has 0 aliphatic heterocycles. The lowest BCUT2D eigenvalue weighted by atomic mass is 10.1. The third-order valence-electron chi connectivity index (χ3n) is 3.01. The zero-order valence-corrected chi connectivity index (χ0v) is 12.2. The Bertz CT molecular complexity index is 640. The maximum Gasteiger partial charge on any atom is 0.339 e. The van der Waals surface area contributed by atoms with Crippen LogP contribution in [0.4, 0.5) is 11.4 Å². The SMILES string of the molecule is COC(=O)c1ccccc1Nc1cc(OC)ccc1OC. The van der Waals surface area contributed by atoms with Crippen LogP contribution in [-0.2, 0) is 4.74 Å². The van der Waals surface area contributed by atoms with Crippen molar-refractivity contribution >= 4 is 17.3 Å². The fourth-order valence-electron chi connectivity index (χ4n) is 1.94. The molecular weight excluding hydrogens is 270 g/mol. The molecule has 0 bridgehead atoms. The summed E-state index contributed by atoms with van der Waals surface area (Å²) in [6.07, 6.45) is 0. The molecule has 0 saturated heterocycles. The lowest BCUT2D eigenvalue weighted by Gasteiger charge is -2.14. The highest BCUT2D eigenvalue weighted by atomic mass is 16.5. The Morgan fingerprint density at radius 2 is 1.71 bits per heavy atom. The molecule has 2 aromatic rings. The molecule has 2 aromatic carbocycles. The fourth-order valence-corrected chi connectivity index (χ4v) is 1.94. The van der Waals surface area contributed by atoms with Gasteiger partial charge in [-0.1, -0.05) is 12.1 Å². The van der Waals surface area contributed by atoms with Gasteiger partial charge in [0.2, 0.25) is 0 Å². The number of anilines is 2. The molecule has 0 saturated carbocycles. The van der Waals surface area contributed by atoms with Crippen LogP contribution in [-0.4, -0.2) is 27.3 Å². The van der Waals surface area contributed by atoms with Gasteiger partial charge in [-0.25, -0.2) is 4.79 Å². The van der Waals surface area contributed by atoms with E-state index < -0.39 is 5.97 Å². The number of hydrogen-bond donors (Lipinski definition) is 1. The topological polar surface area (TPSA) is 56.8 Å². The number of nitrogens with one attached hydrogen (secondary N) is 1. The Morgan fingerprint density at radius 3 is 2.38 bits per heavy atom. The highest BCUT2D eigenvalue weighted by molar-refractivity contribution is 5.96. The number of para-hydroxylation sites is 1. The first-order valence-electron chi connectivity index (χ1n) is 6.36. The summed E-state index contributed by atoms with van der Waals surface area (Å²) in [4.78, 5) is 11.8. The molecule has 0 aromatic heterocycles. The van der Waals surface area contributed by atoms with Crippen molar-refractivity contribution in [1.29, 1.82) is 0 Å². The van der Waals surface area contributed by atoms with Crippen molar-refractivity contribution in [3.63, 3.8) is 0 Å². The maximum atomic E-state index is 11.8. The average Bonchev–Trinajstić information content (AvgIpc) is 2.54. The molecule has 5 nitrogen and oxygen atoms in total. The van der Waals surface area contributed by atoms with Gasteiger partial charge in [-0.2, -0.15) is 0 Å². The van der Waals surface area contributed by atoms with Crippen molar-refractivity contribution in [3.05, 3.63) is 48.0 Å². The van der Waals surface area contributed by atoms with Gasteiger partial charge in [0, 0.05) is 6.07 Å². The van der Waals surface area contributed by atoms with E-state index in [0.29, 0.717) is 28.4 Å². The van der Waals surface area contributed by atoms with E-state index in [1.54, 1.807) is 50.6 Å². The molecule has 0 unspecified atom stereocenters. The molecule has 0 aliphatic carbocycles. The van der Waals surface area contributed by atoms with E-state index in [4.69, 9.17) is 14.2 Å². The maximum absolute atomic E-state index is 11.8. The monoisotopic (exact) mass is 287 g/mol. The molecule has 0 aliphatic rings.